The van der Waals surface area contributed by atoms with Crippen molar-refractivity contribution < 1.29 is 23.1 Å². The van der Waals surface area contributed by atoms with E-state index in [1.54, 1.807) is 19.9 Å². The van der Waals surface area contributed by atoms with Crippen molar-refractivity contribution in [2.24, 2.45) is 0 Å². The van der Waals surface area contributed by atoms with Crippen molar-refractivity contribution in [2.45, 2.75) is 69.9 Å². The van der Waals surface area contributed by atoms with Crippen molar-refractivity contribution in [1.82, 2.24) is 20.1 Å². The lowest BCUT2D eigenvalue weighted by Crippen LogP contribution is -2.42. The summed E-state index contributed by atoms with van der Waals surface area (Å²) in [4.78, 5) is 16.6. The number of nitrogens with one attached hydrogen (secondary N) is 2. The van der Waals surface area contributed by atoms with Crippen LogP contribution in [0.2, 0.25) is 5.02 Å². The lowest BCUT2D eigenvalue weighted by atomic mass is 9.90. The Morgan fingerprint density at radius 3 is 2.67 bits per heavy atom. The molecule has 1 saturated carbocycles. The standard InChI is InChI=1S/C24H28ClF3N6O2/c1-23(2,36)12-34-21(29)17(11-30-34)22(35)32-15-5-3-4-14(9-15)31-19-10-20(24(26,27)28)33-18-7-6-13(25)8-16(18)19/h6-8,10-11,14-15,36H,3-5,9,12,29H2,1-2H3,(H,31,33)(H,32,35)/t14-,15+/m0/s1. The lowest BCUT2D eigenvalue weighted by Gasteiger charge is -2.31. The highest BCUT2D eigenvalue weighted by molar-refractivity contribution is 6.31. The zero-order valence-electron chi connectivity index (χ0n) is 19.9. The van der Waals surface area contributed by atoms with Crippen LogP contribution in [0.25, 0.3) is 10.9 Å². The maximum absolute atomic E-state index is 13.5. The number of benzene rings is 1. The summed E-state index contributed by atoms with van der Waals surface area (Å²) in [5.41, 5.74) is 4.72. The second-order valence-corrected chi connectivity index (χ2v) is 10.2. The smallest absolute Gasteiger partial charge is 0.389 e. The Hall–Kier alpha value is -3.05. The molecular formula is C24H28ClF3N6O2. The molecule has 1 aliphatic carbocycles. The molecule has 0 bridgehead atoms. The first kappa shape index (κ1) is 26.0. The van der Waals surface area contributed by atoms with E-state index in [0.29, 0.717) is 22.5 Å². The van der Waals surface area contributed by atoms with Crippen LogP contribution in [-0.2, 0) is 12.7 Å². The monoisotopic (exact) mass is 524 g/mol. The summed E-state index contributed by atoms with van der Waals surface area (Å²) in [6.45, 7) is 3.35. The second kappa shape index (κ2) is 9.78. The quantitative estimate of drug-likeness (QED) is 0.374. The summed E-state index contributed by atoms with van der Waals surface area (Å²) in [6.07, 6.45) is -0.507. The maximum atomic E-state index is 13.5. The van der Waals surface area contributed by atoms with Crippen LogP contribution >= 0.6 is 11.6 Å². The number of rotatable bonds is 6. The number of halogens is 4. The fourth-order valence-corrected chi connectivity index (χ4v) is 4.63. The molecule has 3 aromatic rings. The Kier molecular flexibility index (Phi) is 7.07. The normalized spacial score (nSPS) is 18.9. The molecule has 5 N–H and O–H groups in total. The minimum atomic E-state index is -4.59. The van der Waals surface area contributed by atoms with E-state index in [1.807, 2.05) is 0 Å². The van der Waals surface area contributed by atoms with Crippen LogP contribution in [-0.4, -0.2) is 43.5 Å². The molecule has 0 radical (unpaired) electrons. The molecule has 2 atom stereocenters. The molecule has 4 rings (SSSR count). The van der Waals surface area contributed by atoms with Crippen molar-refractivity contribution in [3.05, 3.63) is 46.7 Å². The molecule has 1 fully saturated rings. The molecule has 12 heteroatoms. The average Bonchev–Trinajstić information content (AvgIpc) is 3.12. The van der Waals surface area contributed by atoms with Gasteiger partial charge in [-0.05, 0) is 63.8 Å². The van der Waals surface area contributed by atoms with E-state index >= 15 is 0 Å². The second-order valence-electron chi connectivity index (χ2n) is 9.81. The molecular weight excluding hydrogens is 497 g/mol. The van der Waals surface area contributed by atoms with Crippen molar-refractivity contribution in [3.8, 4) is 0 Å². The molecule has 36 heavy (non-hydrogen) atoms. The van der Waals surface area contributed by atoms with Crippen LogP contribution in [0.15, 0.2) is 30.5 Å². The lowest BCUT2D eigenvalue weighted by molar-refractivity contribution is -0.140. The zero-order valence-corrected chi connectivity index (χ0v) is 20.6. The van der Waals surface area contributed by atoms with Gasteiger partial charge < -0.3 is 21.5 Å². The van der Waals surface area contributed by atoms with Crippen molar-refractivity contribution in [1.29, 1.82) is 0 Å². The number of amides is 1. The number of fused-ring (bicyclic) bond motifs is 1. The molecule has 1 aliphatic rings. The van der Waals surface area contributed by atoms with Crippen molar-refractivity contribution >= 4 is 39.9 Å². The van der Waals surface area contributed by atoms with Crippen LogP contribution in [0, 0.1) is 0 Å². The van der Waals surface area contributed by atoms with Gasteiger partial charge in [0.05, 0.1) is 23.9 Å². The number of carbonyl (C=O) groups is 1. The van der Waals surface area contributed by atoms with Crippen LogP contribution in [0.5, 0.6) is 0 Å². The maximum Gasteiger partial charge on any atom is 0.433 e. The minimum absolute atomic E-state index is 0.130. The van der Waals surface area contributed by atoms with Gasteiger partial charge in [0.25, 0.3) is 5.91 Å². The summed E-state index contributed by atoms with van der Waals surface area (Å²) in [5.74, 6) is -0.236. The average molecular weight is 525 g/mol. The number of aromatic nitrogens is 3. The highest BCUT2D eigenvalue weighted by Crippen LogP contribution is 2.35. The number of aliphatic hydroxyl groups is 1. The third-order valence-electron chi connectivity index (χ3n) is 6.09. The molecule has 0 aliphatic heterocycles. The molecule has 2 aromatic heterocycles. The van der Waals surface area contributed by atoms with Crippen molar-refractivity contribution in [3.63, 3.8) is 0 Å². The number of pyridine rings is 1. The number of nitrogens with zero attached hydrogens (tertiary/aromatic N) is 3. The van der Waals surface area contributed by atoms with E-state index in [0.717, 1.165) is 25.3 Å². The SMILES string of the molecule is CC(C)(O)Cn1ncc(C(=O)N[C@@H]2CCC[C@H](Nc3cc(C(F)(F)F)nc4ccc(Cl)cc34)C2)c1N. The molecule has 0 spiro atoms. The van der Waals surface area contributed by atoms with E-state index in [-0.39, 0.29) is 41.4 Å². The van der Waals surface area contributed by atoms with E-state index in [4.69, 9.17) is 17.3 Å². The number of nitrogens with two attached hydrogens (primary N) is 1. The predicted molar refractivity (Wildman–Crippen MR) is 132 cm³/mol. The minimum Gasteiger partial charge on any atom is -0.389 e. The Bertz CT molecular complexity index is 1270. The highest BCUT2D eigenvalue weighted by atomic mass is 35.5. The number of anilines is 2. The van der Waals surface area contributed by atoms with E-state index in [9.17, 15) is 23.1 Å². The third-order valence-corrected chi connectivity index (χ3v) is 6.33. The van der Waals surface area contributed by atoms with Gasteiger partial charge in [0.1, 0.15) is 17.1 Å². The van der Waals surface area contributed by atoms with Crippen LogP contribution in [0.3, 0.4) is 0 Å². The summed E-state index contributed by atoms with van der Waals surface area (Å²) in [5, 5.41) is 21.2. The number of hydrogen-bond acceptors (Lipinski definition) is 6. The first-order valence-corrected chi connectivity index (χ1v) is 12.0. The van der Waals surface area contributed by atoms with Gasteiger partial charge in [0.15, 0.2) is 0 Å². The molecule has 8 nitrogen and oxygen atoms in total. The topological polar surface area (TPSA) is 118 Å². The number of carbonyl (C=O) groups excluding carboxylic acids is 1. The Morgan fingerprint density at radius 2 is 1.97 bits per heavy atom. The molecule has 1 amide bonds. The van der Waals surface area contributed by atoms with Gasteiger partial charge in [0, 0.05) is 28.2 Å². The van der Waals surface area contributed by atoms with Gasteiger partial charge in [-0.3, -0.25) is 4.79 Å². The van der Waals surface area contributed by atoms with E-state index in [1.165, 1.54) is 23.0 Å². The predicted octanol–water partition coefficient (Wildman–Crippen LogP) is 4.61. The number of alkyl halides is 3. The summed E-state index contributed by atoms with van der Waals surface area (Å²) >= 11 is 6.10. The van der Waals surface area contributed by atoms with Gasteiger partial charge in [-0.2, -0.15) is 18.3 Å². The van der Waals surface area contributed by atoms with Gasteiger partial charge in [0.2, 0.25) is 0 Å². The van der Waals surface area contributed by atoms with Gasteiger partial charge in [-0.1, -0.05) is 11.6 Å². The third kappa shape index (κ3) is 6.01. The number of nitrogen functional groups attached to an aromatic ring is 1. The summed E-state index contributed by atoms with van der Waals surface area (Å²) in [7, 11) is 0. The molecule has 194 valence electrons. The van der Waals surface area contributed by atoms with Gasteiger partial charge in [-0.15, -0.1) is 0 Å². The highest BCUT2D eigenvalue weighted by Gasteiger charge is 2.34. The summed E-state index contributed by atoms with van der Waals surface area (Å²) < 4.78 is 41.7. The fraction of sp³-hybridized carbons (Fsp3) is 0.458. The Morgan fingerprint density at radius 1 is 1.25 bits per heavy atom. The molecule has 1 aromatic carbocycles. The van der Waals surface area contributed by atoms with E-state index in [2.05, 4.69) is 20.7 Å². The zero-order chi connectivity index (χ0) is 26.3. The van der Waals surface area contributed by atoms with Gasteiger partial charge >= 0.3 is 6.18 Å². The molecule has 0 unspecified atom stereocenters. The van der Waals surface area contributed by atoms with Crippen LogP contribution < -0.4 is 16.4 Å². The van der Waals surface area contributed by atoms with Crippen molar-refractivity contribution in [2.75, 3.05) is 11.1 Å². The van der Waals surface area contributed by atoms with Gasteiger partial charge in [-0.25, -0.2) is 9.67 Å². The Labute approximate surface area is 211 Å². The molecule has 0 saturated heterocycles. The number of hydrogen-bond donors (Lipinski definition) is 4. The van der Waals surface area contributed by atoms with Crippen LogP contribution in [0.1, 0.15) is 55.6 Å². The Balaban J connectivity index is 1.49. The molecule has 2 heterocycles. The summed E-state index contributed by atoms with van der Waals surface area (Å²) in [6, 6.07) is 5.16. The largest absolute Gasteiger partial charge is 0.433 e. The first-order valence-electron chi connectivity index (χ1n) is 11.6. The first-order chi connectivity index (χ1) is 16.8. The van der Waals surface area contributed by atoms with Crippen LogP contribution in [0.4, 0.5) is 24.7 Å². The fourth-order valence-electron chi connectivity index (χ4n) is 4.46. The van der Waals surface area contributed by atoms with E-state index < -0.39 is 17.5 Å².